The second kappa shape index (κ2) is 14.8. The van der Waals surface area contributed by atoms with Crippen molar-refractivity contribution < 1.29 is 39.3 Å². The van der Waals surface area contributed by atoms with Crippen LogP contribution >= 0.6 is 0 Å². The fraction of sp³-hybridized carbons (Fsp3) is 0.542. The molecule has 6 unspecified atom stereocenters. The number of aliphatic hydroxyl groups excluding tert-OH is 1. The molecule has 0 aliphatic rings. The predicted molar refractivity (Wildman–Crippen MR) is 130 cm³/mol. The van der Waals surface area contributed by atoms with Gasteiger partial charge in [0.05, 0.1) is 12.1 Å². The zero-order chi connectivity index (χ0) is 27.4. The molecule has 0 aliphatic carbocycles. The third-order valence-corrected chi connectivity index (χ3v) is 5.75. The van der Waals surface area contributed by atoms with Crippen LogP contribution in [0.5, 0.6) is 0 Å². The molecule has 0 aromatic heterocycles. The molecule has 1 aromatic rings. The van der Waals surface area contributed by atoms with E-state index in [9.17, 15) is 34.2 Å². The number of aliphatic hydroxyl groups is 1. The molecule has 0 saturated heterocycles. The Morgan fingerprint density at radius 1 is 0.889 bits per heavy atom. The number of nitrogens with one attached hydrogen (secondary N) is 3. The summed E-state index contributed by atoms with van der Waals surface area (Å²) in [5, 5.41) is 35.0. The lowest BCUT2D eigenvalue weighted by Crippen LogP contribution is -2.59. The number of aliphatic carboxylic acids is 2. The number of nitrogens with two attached hydrogens (primary N) is 1. The van der Waals surface area contributed by atoms with Crippen LogP contribution in [0.15, 0.2) is 30.3 Å². The van der Waals surface area contributed by atoms with Crippen LogP contribution in [0.4, 0.5) is 0 Å². The topological polar surface area (TPSA) is 208 Å². The number of hydrogen-bond acceptors (Lipinski definition) is 7. The fourth-order valence-corrected chi connectivity index (χ4v) is 3.36. The van der Waals surface area contributed by atoms with E-state index < -0.39 is 66.4 Å². The van der Waals surface area contributed by atoms with Crippen molar-refractivity contribution >= 4 is 29.7 Å². The first-order chi connectivity index (χ1) is 16.9. The molecule has 0 spiro atoms. The van der Waals surface area contributed by atoms with Crippen LogP contribution in [0.3, 0.4) is 0 Å². The Morgan fingerprint density at radius 3 is 1.97 bits per heavy atom. The third kappa shape index (κ3) is 10.0. The quantitative estimate of drug-likeness (QED) is 0.161. The SMILES string of the molecule is CCC(C)C(NC(=O)C(N)Cc1ccccc1)C(=O)NC(CCC(=O)O)C(=O)NC(C(=O)O)C(C)O. The molecule has 36 heavy (non-hydrogen) atoms. The second-order valence-corrected chi connectivity index (χ2v) is 8.73. The third-order valence-electron chi connectivity index (χ3n) is 5.75. The molecule has 3 amide bonds. The maximum atomic E-state index is 13.1. The van der Waals surface area contributed by atoms with Crippen molar-refractivity contribution in [1.29, 1.82) is 0 Å². The lowest BCUT2D eigenvalue weighted by molar-refractivity contribution is -0.145. The van der Waals surface area contributed by atoms with E-state index in [1.54, 1.807) is 13.8 Å². The summed E-state index contributed by atoms with van der Waals surface area (Å²) in [4.78, 5) is 61.0. The summed E-state index contributed by atoms with van der Waals surface area (Å²) >= 11 is 0. The van der Waals surface area contributed by atoms with Gasteiger partial charge in [-0.15, -0.1) is 0 Å². The first-order valence-electron chi connectivity index (χ1n) is 11.7. The molecule has 1 aromatic carbocycles. The van der Waals surface area contributed by atoms with Crippen molar-refractivity contribution in [3.63, 3.8) is 0 Å². The number of hydrogen-bond donors (Lipinski definition) is 7. The van der Waals surface area contributed by atoms with Gasteiger partial charge in [-0.2, -0.15) is 0 Å². The van der Waals surface area contributed by atoms with Gasteiger partial charge in [-0.3, -0.25) is 19.2 Å². The molecule has 1 rings (SSSR count). The van der Waals surface area contributed by atoms with Gasteiger partial charge in [-0.05, 0) is 31.2 Å². The fourth-order valence-electron chi connectivity index (χ4n) is 3.36. The Bertz CT molecular complexity index is 909. The first kappa shape index (κ1) is 30.5. The molecule has 0 saturated carbocycles. The van der Waals surface area contributed by atoms with Gasteiger partial charge in [-0.25, -0.2) is 4.79 Å². The molecule has 0 radical (unpaired) electrons. The van der Waals surface area contributed by atoms with Gasteiger partial charge in [0.2, 0.25) is 17.7 Å². The second-order valence-electron chi connectivity index (χ2n) is 8.73. The molecule has 0 fully saturated rings. The maximum Gasteiger partial charge on any atom is 0.328 e. The summed E-state index contributed by atoms with van der Waals surface area (Å²) in [5.74, 6) is -5.41. The van der Waals surface area contributed by atoms with Crippen molar-refractivity contribution in [2.24, 2.45) is 11.7 Å². The van der Waals surface area contributed by atoms with Crippen LogP contribution in [-0.4, -0.2) is 75.3 Å². The van der Waals surface area contributed by atoms with Gasteiger partial charge < -0.3 is 37.0 Å². The summed E-state index contributed by atoms with van der Waals surface area (Å²) < 4.78 is 0. The van der Waals surface area contributed by atoms with Gasteiger partial charge in [0.1, 0.15) is 12.1 Å². The molecule has 6 atom stereocenters. The van der Waals surface area contributed by atoms with Crippen LogP contribution in [0, 0.1) is 5.92 Å². The molecule has 12 heteroatoms. The molecule has 8 N–H and O–H groups in total. The molecular formula is C24H36N4O8. The van der Waals surface area contributed by atoms with E-state index in [1.165, 1.54) is 0 Å². The zero-order valence-corrected chi connectivity index (χ0v) is 20.6. The van der Waals surface area contributed by atoms with E-state index in [4.69, 9.17) is 10.8 Å². The van der Waals surface area contributed by atoms with Crippen LogP contribution in [-0.2, 0) is 30.4 Å². The van der Waals surface area contributed by atoms with Crippen molar-refractivity contribution in [3.05, 3.63) is 35.9 Å². The number of carbonyl (C=O) groups excluding carboxylic acids is 3. The smallest absolute Gasteiger partial charge is 0.328 e. The lowest BCUT2D eigenvalue weighted by atomic mass is 9.96. The van der Waals surface area contributed by atoms with E-state index in [0.29, 0.717) is 6.42 Å². The number of rotatable bonds is 15. The lowest BCUT2D eigenvalue weighted by Gasteiger charge is -2.28. The number of carboxylic acids is 2. The highest BCUT2D eigenvalue weighted by molar-refractivity contribution is 5.94. The average molecular weight is 509 g/mol. The largest absolute Gasteiger partial charge is 0.481 e. The van der Waals surface area contributed by atoms with Gasteiger partial charge in [0, 0.05) is 6.42 Å². The van der Waals surface area contributed by atoms with E-state index in [-0.39, 0.29) is 18.8 Å². The van der Waals surface area contributed by atoms with E-state index in [2.05, 4.69) is 16.0 Å². The molecular weight excluding hydrogens is 472 g/mol. The molecule has 0 bridgehead atoms. The predicted octanol–water partition coefficient (Wildman–Crippen LogP) is -0.613. The van der Waals surface area contributed by atoms with Crippen molar-refractivity contribution in [3.8, 4) is 0 Å². The highest BCUT2D eigenvalue weighted by atomic mass is 16.4. The van der Waals surface area contributed by atoms with Gasteiger partial charge in [-0.1, -0.05) is 50.6 Å². The van der Waals surface area contributed by atoms with Crippen molar-refractivity contribution in [2.75, 3.05) is 0 Å². The highest BCUT2D eigenvalue weighted by Gasteiger charge is 2.33. The summed E-state index contributed by atoms with van der Waals surface area (Å²) in [6.07, 6.45) is -1.55. The van der Waals surface area contributed by atoms with Crippen LogP contribution in [0.1, 0.15) is 45.6 Å². The summed E-state index contributed by atoms with van der Waals surface area (Å²) in [7, 11) is 0. The van der Waals surface area contributed by atoms with E-state index >= 15 is 0 Å². The van der Waals surface area contributed by atoms with Crippen molar-refractivity contribution in [1.82, 2.24) is 16.0 Å². The highest BCUT2D eigenvalue weighted by Crippen LogP contribution is 2.11. The van der Waals surface area contributed by atoms with Crippen LogP contribution in [0.2, 0.25) is 0 Å². The molecule has 0 heterocycles. The van der Waals surface area contributed by atoms with E-state index in [1.807, 2.05) is 30.3 Å². The molecule has 12 nitrogen and oxygen atoms in total. The van der Waals surface area contributed by atoms with Gasteiger partial charge >= 0.3 is 11.9 Å². The van der Waals surface area contributed by atoms with E-state index in [0.717, 1.165) is 12.5 Å². The van der Waals surface area contributed by atoms with Gasteiger partial charge in [0.15, 0.2) is 6.04 Å². The summed E-state index contributed by atoms with van der Waals surface area (Å²) in [6.45, 7) is 4.68. The first-order valence-corrected chi connectivity index (χ1v) is 11.7. The minimum atomic E-state index is -1.66. The van der Waals surface area contributed by atoms with Gasteiger partial charge in [0.25, 0.3) is 0 Å². The number of amides is 3. The Labute approximate surface area is 209 Å². The zero-order valence-electron chi connectivity index (χ0n) is 20.6. The summed E-state index contributed by atoms with van der Waals surface area (Å²) in [6, 6.07) is 3.96. The minimum absolute atomic E-state index is 0.237. The van der Waals surface area contributed by atoms with Crippen LogP contribution in [0.25, 0.3) is 0 Å². The number of carboxylic acid groups (broad SMARTS) is 2. The monoisotopic (exact) mass is 508 g/mol. The molecule has 0 aliphatic heterocycles. The average Bonchev–Trinajstić information content (AvgIpc) is 2.82. The minimum Gasteiger partial charge on any atom is -0.481 e. The van der Waals surface area contributed by atoms with Crippen molar-refractivity contribution in [2.45, 2.75) is 76.7 Å². The Balaban J connectivity index is 3.01. The Morgan fingerprint density at radius 2 is 1.47 bits per heavy atom. The van der Waals surface area contributed by atoms with Crippen LogP contribution < -0.4 is 21.7 Å². The Kier molecular flexibility index (Phi) is 12.5. The molecule has 200 valence electrons. The maximum absolute atomic E-state index is 13.1. The number of benzene rings is 1. The standard InChI is InChI=1S/C24H36N4O8/c1-4-13(2)19(27-21(32)16(25)12-15-8-6-5-7-9-15)23(34)26-17(10-11-18(30)31)22(33)28-20(14(3)29)24(35)36/h5-9,13-14,16-17,19-20,29H,4,10-12,25H2,1-3H3,(H,26,34)(H,27,32)(H,28,33)(H,30,31)(H,35,36). The summed E-state index contributed by atoms with van der Waals surface area (Å²) in [5.41, 5.74) is 6.86. The normalized spacial score (nSPS) is 15.9. The number of carbonyl (C=O) groups is 5. The Hall–Kier alpha value is -3.51.